The quantitative estimate of drug-likeness (QED) is 0.299. The third-order valence-corrected chi connectivity index (χ3v) is 8.79. The van der Waals surface area contributed by atoms with Crippen molar-refractivity contribution in [1.82, 2.24) is 18.9 Å². The van der Waals surface area contributed by atoms with Gasteiger partial charge in [-0.3, -0.25) is 4.79 Å². The normalized spacial score (nSPS) is 11.9. The highest BCUT2D eigenvalue weighted by molar-refractivity contribution is 7.89. The maximum atomic E-state index is 13.6. The minimum atomic E-state index is -3.86. The first-order valence-electron chi connectivity index (χ1n) is 13.0. The van der Waals surface area contributed by atoms with Crippen LogP contribution >= 0.6 is 0 Å². The molecule has 0 spiro atoms. The van der Waals surface area contributed by atoms with Crippen LogP contribution in [-0.2, 0) is 10.0 Å². The molecule has 0 aliphatic heterocycles. The van der Waals surface area contributed by atoms with E-state index < -0.39 is 15.9 Å². The number of aryl methyl sites for hydroxylation is 2. The Bertz CT molecular complexity index is 1620. The van der Waals surface area contributed by atoms with Crippen molar-refractivity contribution in [3.05, 3.63) is 71.2 Å². The topological polar surface area (TPSA) is 106 Å². The van der Waals surface area contributed by atoms with Crippen LogP contribution in [0, 0.1) is 13.8 Å². The standard InChI is InChI=1S/C29H35N5O4S/c1-8-33(9-2)39(36,37)25-17-22(12-15-24(25)38-7)26-27(32-34-20(6)16-19(5)30-28(26)34)29(35)31-23-13-10-21(11-14-23)18(3)4/h10-18H,8-9H2,1-7H3,(H,31,35). The fraction of sp³-hybridized carbons (Fsp3) is 0.345. The van der Waals surface area contributed by atoms with E-state index in [4.69, 9.17) is 4.74 Å². The van der Waals surface area contributed by atoms with E-state index in [0.29, 0.717) is 41.5 Å². The average molecular weight is 550 g/mol. The first kappa shape index (κ1) is 28.3. The Kier molecular flexibility index (Phi) is 8.08. The smallest absolute Gasteiger partial charge is 0.276 e. The second-order valence-corrected chi connectivity index (χ2v) is 11.6. The van der Waals surface area contributed by atoms with E-state index >= 15 is 0 Å². The number of sulfonamides is 1. The fourth-order valence-corrected chi connectivity index (χ4v) is 6.26. The number of hydrogen-bond acceptors (Lipinski definition) is 6. The molecule has 2 aromatic carbocycles. The van der Waals surface area contributed by atoms with E-state index in [1.807, 2.05) is 44.2 Å². The average Bonchev–Trinajstić information content (AvgIpc) is 3.29. The van der Waals surface area contributed by atoms with E-state index in [0.717, 1.165) is 17.0 Å². The molecule has 0 saturated heterocycles. The summed E-state index contributed by atoms with van der Waals surface area (Å²) in [5.41, 5.74) is 4.88. The fourth-order valence-electron chi connectivity index (χ4n) is 4.62. The Morgan fingerprint density at radius 2 is 1.72 bits per heavy atom. The lowest BCUT2D eigenvalue weighted by atomic mass is 10.0. The van der Waals surface area contributed by atoms with Gasteiger partial charge < -0.3 is 10.1 Å². The highest BCUT2D eigenvalue weighted by Gasteiger charge is 2.29. The van der Waals surface area contributed by atoms with Gasteiger partial charge in [0.1, 0.15) is 10.6 Å². The van der Waals surface area contributed by atoms with Crippen LogP contribution in [0.25, 0.3) is 16.8 Å². The number of carbonyl (C=O) groups is 1. The van der Waals surface area contributed by atoms with Crippen molar-refractivity contribution in [3.8, 4) is 16.9 Å². The Balaban J connectivity index is 1.91. The van der Waals surface area contributed by atoms with Crippen LogP contribution in [0.4, 0.5) is 5.69 Å². The number of anilines is 1. The molecule has 0 saturated carbocycles. The summed E-state index contributed by atoms with van der Waals surface area (Å²) >= 11 is 0. The molecule has 4 rings (SSSR count). The van der Waals surface area contributed by atoms with Crippen LogP contribution in [0.2, 0.25) is 0 Å². The van der Waals surface area contributed by atoms with E-state index in [9.17, 15) is 13.2 Å². The lowest BCUT2D eigenvalue weighted by Crippen LogP contribution is -2.30. The Morgan fingerprint density at radius 1 is 1.05 bits per heavy atom. The molecule has 0 aliphatic carbocycles. The summed E-state index contributed by atoms with van der Waals surface area (Å²) < 4.78 is 35.5. The largest absolute Gasteiger partial charge is 0.495 e. The van der Waals surface area contributed by atoms with E-state index in [1.165, 1.54) is 17.5 Å². The summed E-state index contributed by atoms with van der Waals surface area (Å²) in [5, 5.41) is 7.56. The molecule has 0 radical (unpaired) electrons. The molecule has 2 heterocycles. The third kappa shape index (κ3) is 5.39. The number of methoxy groups -OCH3 is 1. The number of aromatic nitrogens is 3. The van der Waals surface area contributed by atoms with Crippen molar-refractivity contribution in [2.24, 2.45) is 0 Å². The van der Waals surface area contributed by atoms with Gasteiger partial charge in [0.25, 0.3) is 5.91 Å². The molecule has 39 heavy (non-hydrogen) atoms. The van der Waals surface area contributed by atoms with Crippen LogP contribution in [0.1, 0.15) is 61.1 Å². The molecule has 0 aliphatic rings. The molecule has 9 nitrogen and oxygen atoms in total. The highest BCUT2D eigenvalue weighted by Crippen LogP contribution is 2.35. The molecule has 0 bridgehead atoms. The maximum Gasteiger partial charge on any atom is 0.276 e. The Labute approximate surface area is 229 Å². The number of ether oxygens (including phenoxy) is 1. The first-order chi connectivity index (χ1) is 18.5. The number of benzene rings is 2. The summed E-state index contributed by atoms with van der Waals surface area (Å²) in [7, 11) is -2.43. The SMILES string of the molecule is CCN(CC)S(=O)(=O)c1cc(-c2c(C(=O)Nc3ccc(C(C)C)cc3)nn3c(C)cc(C)nc23)ccc1OC. The Morgan fingerprint density at radius 3 is 2.31 bits per heavy atom. The summed E-state index contributed by atoms with van der Waals surface area (Å²) in [6.45, 7) is 12.2. The van der Waals surface area contributed by atoms with Gasteiger partial charge >= 0.3 is 0 Å². The molecule has 1 N–H and O–H groups in total. The number of nitrogens with zero attached hydrogens (tertiary/aromatic N) is 4. The van der Waals surface area contributed by atoms with Gasteiger partial charge in [-0.1, -0.05) is 45.9 Å². The molecular formula is C29H35N5O4S. The van der Waals surface area contributed by atoms with Gasteiger partial charge in [-0.05, 0) is 61.2 Å². The van der Waals surface area contributed by atoms with Crippen LogP contribution < -0.4 is 10.1 Å². The molecule has 0 atom stereocenters. The zero-order valence-electron chi connectivity index (χ0n) is 23.4. The van der Waals surface area contributed by atoms with Gasteiger partial charge in [-0.25, -0.2) is 17.9 Å². The lowest BCUT2D eigenvalue weighted by molar-refractivity contribution is 0.102. The van der Waals surface area contributed by atoms with Crippen LogP contribution in [0.3, 0.4) is 0 Å². The Hall–Kier alpha value is -3.76. The van der Waals surface area contributed by atoms with Gasteiger partial charge in [0.05, 0.1) is 12.7 Å². The van der Waals surface area contributed by atoms with Crippen LogP contribution in [0.15, 0.2) is 53.4 Å². The molecule has 0 fully saturated rings. The second kappa shape index (κ2) is 11.2. The second-order valence-electron chi connectivity index (χ2n) is 9.68. The molecule has 206 valence electrons. The maximum absolute atomic E-state index is 13.6. The molecule has 1 amide bonds. The monoisotopic (exact) mass is 549 g/mol. The molecule has 2 aromatic heterocycles. The molecule has 10 heteroatoms. The lowest BCUT2D eigenvalue weighted by Gasteiger charge is -2.20. The van der Waals surface area contributed by atoms with Gasteiger partial charge in [0.2, 0.25) is 10.0 Å². The van der Waals surface area contributed by atoms with Crippen molar-refractivity contribution in [2.75, 3.05) is 25.5 Å². The van der Waals surface area contributed by atoms with Gasteiger partial charge in [-0.2, -0.15) is 9.40 Å². The number of rotatable bonds is 9. The number of nitrogens with one attached hydrogen (secondary N) is 1. The third-order valence-electron chi connectivity index (χ3n) is 6.72. The van der Waals surface area contributed by atoms with Crippen molar-refractivity contribution >= 4 is 27.3 Å². The molecule has 4 aromatic rings. The zero-order chi connectivity index (χ0) is 28.5. The molecule has 0 unspecified atom stereocenters. The number of amides is 1. The summed E-state index contributed by atoms with van der Waals surface area (Å²) in [6.07, 6.45) is 0. The van der Waals surface area contributed by atoms with E-state index in [-0.39, 0.29) is 16.3 Å². The summed E-state index contributed by atoms with van der Waals surface area (Å²) in [5.74, 6) is 0.168. The first-order valence-corrected chi connectivity index (χ1v) is 14.4. The van der Waals surface area contributed by atoms with Crippen molar-refractivity contribution in [3.63, 3.8) is 0 Å². The van der Waals surface area contributed by atoms with E-state index in [2.05, 4.69) is 29.2 Å². The van der Waals surface area contributed by atoms with Gasteiger partial charge in [0, 0.05) is 30.2 Å². The van der Waals surface area contributed by atoms with Gasteiger partial charge in [0.15, 0.2) is 11.3 Å². The van der Waals surface area contributed by atoms with E-state index in [1.54, 1.807) is 30.5 Å². The summed E-state index contributed by atoms with van der Waals surface area (Å²) in [6, 6.07) is 14.4. The number of hydrogen-bond donors (Lipinski definition) is 1. The predicted octanol–water partition coefficient (Wildman–Crippen LogP) is 5.43. The van der Waals surface area contributed by atoms with Crippen LogP contribution in [0.5, 0.6) is 5.75 Å². The van der Waals surface area contributed by atoms with Crippen molar-refractivity contribution in [1.29, 1.82) is 0 Å². The zero-order valence-corrected chi connectivity index (χ0v) is 24.3. The summed E-state index contributed by atoms with van der Waals surface area (Å²) in [4.78, 5) is 18.3. The molecular weight excluding hydrogens is 514 g/mol. The number of fused-ring (bicyclic) bond motifs is 1. The number of carbonyl (C=O) groups excluding carboxylic acids is 1. The van der Waals surface area contributed by atoms with Crippen LogP contribution in [-0.4, -0.2) is 53.4 Å². The highest BCUT2D eigenvalue weighted by atomic mass is 32.2. The predicted molar refractivity (Wildman–Crippen MR) is 153 cm³/mol. The van der Waals surface area contributed by atoms with Crippen molar-refractivity contribution < 1.29 is 17.9 Å². The minimum Gasteiger partial charge on any atom is -0.495 e. The minimum absolute atomic E-state index is 0.0190. The van der Waals surface area contributed by atoms with Crippen molar-refractivity contribution in [2.45, 2.75) is 52.4 Å². The van der Waals surface area contributed by atoms with Gasteiger partial charge in [-0.15, -0.1) is 0 Å².